The van der Waals surface area contributed by atoms with Crippen LogP contribution in [0.4, 0.5) is 4.39 Å². The number of hydrogen-bond donors (Lipinski definition) is 1. The lowest BCUT2D eigenvalue weighted by Crippen LogP contribution is -2.19. The zero-order chi connectivity index (χ0) is 14.4. The Morgan fingerprint density at radius 3 is 2.35 bits per heavy atom. The molecule has 2 rings (SSSR count). The minimum Gasteiger partial charge on any atom is -0.494 e. The summed E-state index contributed by atoms with van der Waals surface area (Å²) in [4.78, 5) is 0. The SMILES string of the molecule is COc1ccc(CC(CN)Cc2ccccc2)cc1F. The fraction of sp³-hybridized carbons (Fsp3) is 0.294. The van der Waals surface area contributed by atoms with Gasteiger partial charge in [0.05, 0.1) is 7.11 Å². The summed E-state index contributed by atoms with van der Waals surface area (Å²) in [7, 11) is 1.47. The lowest BCUT2D eigenvalue weighted by atomic mass is 9.92. The molecule has 3 heteroatoms. The highest BCUT2D eigenvalue weighted by Crippen LogP contribution is 2.20. The first-order valence-corrected chi connectivity index (χ1v) is 6.79. The highest BCUT2D eigenvalue weighted by molar-refractivity contribution is 5.29. The average molecular weight is 273 g/mol. The van der Waals surface area contributed by atoms with Crippen LogP contribution in [0, 0.1) is 11.7 Å². The fourth-order valence-electron chi connectivity index (χ4n) is 2.36. The number of ether oxygens (including phenoxy) is 1. The Balaban J connectivity index is 2.04. The summed E-state index contributed by atoms with van der Waals surface area (Å²) >= 11 is 0. The topological polar surface area (TPSA) is 35.2 Å². The van der Waals surface area contributed by atoms with Crippen LogP contribution >= 0.6 is 0 Å². The van der Waals surface area contributed by atoms with Crippen molar-refractivity contribution in [2.24, 2.45) is 11.7 Å². The lowest BCUT2D eigenvalue weighted by molar-refractivity contribution is 0.385. The molecule has 0 spiro atoms. The van der Waals surface area contributed by atoms with Crippen LogP contribution in [0.1, 0.15) is 11.1 Å². The van der Waals surface area contributed by atoms with E-state index in [1.54, 1.807) is 6.07 Å². The van der Waals surface area contributed by atoms with E-state index in [1.807, 2.05) is 24.3 Å². The Labute approximate surface area is 119 Å². The summed E-state index contributed by atoms with van der Waals surface area (Å²) in [6, 6.07) is 15.3. The van der Waals surface area contributed by atoms with Gasteiger partial charge in [-0.15, -0.1) is 0 Å². The van der Waals surface area contributed by atoms with E-state index >= 15 is 0 Å². The third kappa shape index (κ3) is 3.81. The van der Waals surface area contributed by atoms with Gasteiger partial charge in [-0.1, -0.05) is 36.4 Å². The first kappa shape index (κ1) is 14.5. The van der Waals surface area contributed by atoms with Crippen LogP contribution in [0.3, 0.4) is 0 Å². The van der Waals surface area contributed by atoms with Crippen LogP contribution in [-0.2, 0) is 12.8 Å². The van der Waals surface area contributed by atoms with Crippen molar-refractivity contribution in [1.29, 1.82) is 0 Å². The molecular weight excluding hydrogens is 253 g/mol. The molecule has 1 unspecified atom stereocenters. The van der Waals surface area contributed by atoms with Gasteiger partial charge in [-0.25, -0.2) is 4.39 Å². The van der Waals surface area contributed by atoms with Crippen molar-refractivity contribution in [3.63, 3.8) is 0 Å². The maximum absolute atomic E-state index is 13.7. The van der Waals surface area contributed by atoms with Crippen LogP contribution < -0.4 is 10.5 Å². The van der Waals surface area contributed by atoms with E-state index in [4.69, 9.17) is 10.5 Å². The molecule has 0 aliphatic rings. The number of hydrogen-bond acceptors (Lipinski definition) is 2. The smallest absolute Gasteiger partial charge is 0.165 e. The number of halogens is 1. The zero-order valence-corrected chi connectivity index (χ0v) is 11.7. The van der Waals surface area contributed by atoms with E-state index in [0.717, 1.165) is 18.4 Å². The van der Waals surface area contributed by atoms with Crippen molar-refractivity contribution >= 4 is 0 Å². The first-order chi connectivity index (χ1) is 9.72. The predicted octanol–water partition coefficient (Wildman–Crippen LogP) is 3.19. The van der Waals surface area contributed by atoms with E-state index in [9.17, 15) is 4.39 Å². The Kier molecular flexibility index (Phi) is 5.13. The number of benzene rings is 2. The molecule has 106 valence electrons. The maximum atomic E-state index is 13.7. The van der Waals surface area contributed by atoms with Crippen molar-refractivity contribution in [2.45, 2.75) is 12.8 Å². The van der Waals surface area contributed by atoms with Gasteiger partial charge in [-0.05, 0) is 48.6 Å². The molecule has 0 saturated carbocycles. The third-order valence-electron chi connectivity index (χ3n) is 3.44. The molecule has 2 N–H and O–H groups in total. The van der Waals surface area contributed by atoms with Crippen LogP contribution in [-0.4, -0.2) is 13.7 Å². The van der Waals surface area contributed by atoms with Gasteiger partial charge in [0.2, 0.25) is 0 Å². The Morgan fingerprint density at radius 2 is 1.75 bits per heavy atom. The third-order valence-corrected chi connectivity index (χ3v) is 3.44. The predicted molar refractivity (Wildman–Crippen MR) is 79.3 cm³/mol. The summed E-state index contributed by atoms with van der Waals surface area (Å²) < 4.78 is 18.6. The molecule has 0 heterocycles. The van der Waals surface area contributed by atoms with E-state index in [0.29, 0.717) is 12.5 Å². The summed E-state index contributed by atoms with van der Waals surface area (Å²) in [6.07, 6.45) is 1.68. The molecule has 2 aromatic carbocycles. The van der Waals surface area contributed by atoms with Gasteiger partial charge in [0.15, 0.2) is 11.6 Å². The number of methoxy groups -OCH3 is 1. The minimum atomic E-state index is -0.319. The molecule has 0 aliphatic heterocycles. The molecule has 0 amide bonds. The van der Waals surface area contributed by atoms with Gasteiger partial charge in [-0.2, -0.15) is 0 Å². The lowest BCUT2D eigenvalue weighted by Gasteiger charge is -2.15. The van der Waals surface area contributed by atoms with Crippen LogP contribution in [0.15, 0.2) is 48.5 Å². The Bertz CT molecular complexity index is 542. The van der Waals surface area contributed by atoms with Crippen molar-refractivity contribution in [3.8, 4) is 5.75 Å². The second kappa shape index (κ2) is 7.06. The van der Waals surface area contributed by atoms with Gasteiger partial charge >= 0.3 is 0 Å². The van der Waals surface area contributed by atoms with Crippen LogP contribution in [0.5, 0.6) is 5.75 Å². The zero-order valence-electron chi connectivity index (χ0n) is 11.7. The molecule has 0 bridgehead atoms. The van der Waals surface area contributed by atoms with Gasteiger partial charge in [-0.3, -0.25) is 0 Å². The van der Waals surface area contributed by atoms with Crippen molar-refractivity contribution in [3.05, 3.63) is 65.5 Å². The molecule has 1 atom stereocenters. The largest absolute Gasteiger partial charge is 0.494 e. The molecule has 0 radical (unpaired) electrons. The molecule has 20 heavy (non-hydrogen) atoms. The summed E-state index contributed by atoms with van der Waals surface area (Å²) in [5.74, 6) is 0.270. The summed E-state index contributed by atoms with van der Waals surface area (Å²) in [5, 5.41) is 0. The van der Waals surface area contributed by atoms with Crippen LogP contribution in [0.25, 0.3) is 0 Å². The number of nitrogens with two attached hydrogens (primary N) is 1. The van der Waals surface area contributed by atoms with Gasteiger partial charge < -0.3 is 10.5 Å². The van der Waals surface area contributed by atoms with Gasteiger partial charge in [0.25, 0.3) is 0 Å². The average Bonchev–Trinajstić information content (AvgIpc) is 2.48. The summed E-state index contributed by atoms with van der Waals surface area (Å²) in [6.45, 7) is 0.586. The van der Waals surface area contributed by atoms with Gasteiger partial charge in [0, 0.05) is 0 Å². The Morgan fingerprint density at radius 1 is 1.05 bits per heavy atom. The first-order valence-electron chi connectivity index (χ1n) is 6.79. The molecule has 0 aromatic heterocycles. The second-order valence-corrected chi connectivity index (χ2v) is 4.96. The van der Waals surface area contributed by atoms with Crippen molar-refractivity contribution < 1.29 is 9.13 Å². The van der Waals surface area contributed by atoms with E-state index in [-0.39, 0.29) is 11.6 Å². The minimum absolute atomic E-state index is 0.279. The monoisotopic (exact) mass is 273 g/mol. The molecule has 2 nitrogen and oxygen atoms in total. The molecule has 0 fully saturated rings. The second-order valence-electron chi connectivity index (χ2n) is 4.96. The highest BCUT2D eigenvalue weighted by Gasteiger charge is 2.11. The maximum Gasteiger partial charge on any atom is 0.165 e. The van der Waals surface area contributed by atoms with E-state index < -0.39 is 0 Å². The number of rotatable bonds is 6. The fourth-order valence-corrected chi connectivity index (χ4v) is 2.36. The summed E-state index contributed by atoms with van der Waals surface area (Å²) in [5.41, 5.74) is 8.06. The molecule has 0 aliphatic carbocycles. The van der Waals surface area contributed by atoms with Crippen LogP contribution in [0.2, 0.25) is 0 Å². The molecule has 2 aromatic rings. The van der Waals surface area contributed by atoms with E-state index in [1.165, 1.54) is 18.7 Å². The standard InChI is InChI=1S/C17H20FNO/c1-20-17-8-7-14(11-16(17)18)10-15(12-19)9-13-5-3-2-4-6-13/h2-8,11,15H,9-10,12,19H2,1H3. The molecular formula is C17H20FNO. The van der Waals surface area contributed by atoms with Crippen molar-refractivity contribution in [1.82, 2.24) is 0 Å². The normalized spacial score (nSPS) is 12.2. The molecule has 0 saturated heterocycles. The van der Waals surface area contributed by atoms with Gasteiger partial charge in [0.1, 0.15) is 0 Å². The Hall–Kier alpha value is -1.87. The quantitative estimate of drug-likeness (QED) is 0.877. The van der Waals surface area contributed by atoms with E-state index in [2.05, 4.69) is 12.1 Å². The van der Waals surface area contributed by atoms with Crippen molar-refractivity contribution in [2.75, 3.05) is 13.7 Å². The highest BCUT2D eigenvalue weighted by atomic mass is 19.1.